The first kappa shape index (κ1) is 18.3. The van der Waals surface area contributed by atoms with Crippen molar-refractivity contribution >= 4 is 23.4 Å². The van der Waals surface area contributed by atoms with Gasteiger partial charge in [-0.1, -0.05) is 11.8 Å². The highest BCUT2D eigenvalue weighted by Gasteiger charge is 2.21. The highest BCUT2D eigenvalue weighted by Crippen LogP contribution is 2.34. The van der Waals surface area contributed by atoms with E-state index >= 15 is 0 Å². The zero-order chi connectivity index (χ0) is 19.5. The molecule has 1 atom stereocenters. The molecule has 144 valence electrons. The third kappa shape index (κ3) is 3.65. The summed E-state index contributed by atoms with van der Waals surface area (Å²) in [5.74, 6) is 1.95. The summed E-state index contributed by atoms with van der Waals surface area (Å²) < 4.78 is 12.6. The van der Waals surface area contributed by atoms with Crippen LogP contribution in [-0.2, 0) is 11.3 Å². The standard InChI is InChI=1S/C19H19N5O3S/c1-3-24-17(13-6-8-20-9-7-13)22-23-19(24)28-12(2)18(25)21-14-4-5-15-16(10-14)27-11-26-15/h4-10,12H,3,11H2,1-2H3,(H,21,25)/t12-/m0/s1. The molecule has 1 aliphatic heterocycles. The lowest BCUT2D eigenvalue weighted by molar-refractivity contribution is -0.115. The normalized spacial score (nSPS) is 13.4. The molecule has 0 saturated carbocycles. The van der Waals surface area contributed by atoms with Crippen LogP contribution in [0.25, 0.3) is 11.4 Å². The molecule has 2 aromatic heterocycles. The summed E-state index contributed by atoms with van der Waals surface area (Å²) in [6, 6.07) is 9.11. The molecule has 0 aliphatic carbocycles. The minimum Gasteiger partial charge on any atom is -0.454 e. The summed E-state index contributed by atoms with van der Waals surface area (Å²) >= 11 is 1.37. The van der Waals surface area contributed by atoms with E-state index in [2.05, 4.69) is 20.5 Å². The number of hydrogen-bond donors (Lipinski definition) is 1. The maximum atomic E-state index is 12.6. The highest BCUT2D eigenvalue weighted by molar-refractivity contribution is 8.00. The van der Waals surface area contributed by atoms with Gasteiger partial charge in [0, 0.05) is 36.3 Å². The largest absolute Gasteiger partial charge is 0.454 e. The van der Waals surface area contributed by atoms with Crippen LogP contribution in [0.4, 0.5) is 5.69 Å². The maximum Gasteiger partial charge on any atom is 0.237 e. The van der Waals surface area contributed by atoms with E-state index in [0.717, 1.165) is 11.4 Å². The van der Waals surface area contributed by atoms with Crippen LogP contribution in [0.1, 0.15) is 13.8 Å². The van der Waals surface area contributed by atoms with Gasteiger partial charge >= 0.3 is 0 Å². The zero-order valence-electron chi connectivity index (χ0n) is 15.5. The van der Waals surface area contributed by atoms with Gasteiger partial charge in [0.25, 0.3) is 0 Å². The molecule has 8 nitrogen and oxygen atoms in total. The quantitative estimate of drug-likeness (QED) is 0.639. The second kappa shape index (κ2) is 7.89. The maximum absolute atomic E-state index is 12.6. The summed E-state index contributed by atoms with van der Waals surface area (Å²) in [7, 11) is 0. The molecule has 4 rings (SSSR count). The van der Waals surface area contributed by atoms with Crippen molar-refractivity contribution in [1.82, 2.24) is 19.7 Å². The Bertz CT molecular complexity index is 992. The molecule has 0 spiro atoms. The Labute approximate surface area is 166 Å². The average Bonchev–Trinajstić information content (AvgIpc) is 3.34. The van der Waals surface area contributed by atoms with Crippen molar-refractivity contribution in [1.29, 1.82) is 0 Å². The van der Waals surface area contributed by atoms with E-state index in [1.807, 2.05) is 30.5 Å². The second-order valence-electron chi connectivity index (χ2n) is 6.10. The average molecular weight is 397 g/mol. The summed E-state index contributed by atoms with van der Waals surface area (Å²) in [6.45, 7) is 4.76. The Balaban J connectivity index is 1.46. The number of nitrogens with one attached hydrogen (secondary N) is 1. The molecular formula is C19H19N5O3S. The minimum absolute atomic E-state index is 0.125. The number of aromatic nitrogens is 4. The van der Waals surface area contributed by atoms with E-state index in [4.69, 9.17) is 9.47 Å². The van der Waals surface area contributed by atoms with E-state index in [9.17, 15) is 4.79 Å². The number of thioether (sulfide) groups is 1. The smallest absolute Gasteiger partial charge is 0.237 e. The van der Waals surface area contributed by atoms with Crippen molar-refractivity contribution in [3.05, 3.63) is 42.7 Å². The number of nitrogens with zero attached hydrogens (tertiary/aromatic N) is 4. The van der Waals surface area contributed by atoms with Gasteiger partial charge in [-0.25, -0.2) is 0 Å². The van der Waals surface area contributed by atoms with Gasteiger partial charge in [0.1, 0.15) is 0 Å². The number of amides is 1. The van der Waals surface area contributed by atoms with Crippen LogP contribution in [0, 0.1) is 0 Å². The molecule has 0 saturated heterocycles. The van der Waals surface area contributed by atoms with Crippen molar-refractivity contribution in [2.24, 2.45) is 0 Å². The Hall–Kier alpha value is -3.07. The molecule has 1 aliphatic rings. The van der Waals surface area contributed by atoms with Gasteiger partial charge in [-0.3, -0.25) is 9.78 Å². The van der Waals surface area contributed by atoms with Crippen molar-refractivity contribution in [2.75, 3.05) is 12.1 Å². The zero-order valence-corrected chi connectivity index (χ0v) is 16.3. The number of benzene rings is 1. The number of fused-ring (bicyclic) bond motifs is 1. The van der Waals surface area contributed by atoms with Crippen LogP contribution >= 0.6 is 11.8 Å². The van der Waals surface area contributed by atoms with Crippen molar-refractivity contribution in [3.8, 4) is 22.9 Å². The van der Waals surface area contributed by atoms with Gasteiger partial charge in [0.2, 0.25) is 12.7 Å². The number of pyridine rings is 1. The number of anilines is 1. The minimum atomic E-state index is -0.356. The summed E-state index contributed by atoms with van der Waals surface area (Å²) in [4.78, 5) is 16.7. The second-order valence-corrected chi connectivity index (χ2v) is 7.41. The lowest BCUT2D eigenvalue weighted by atomic mass is 10.2. The van der Waals surface area contributed by atoms with E-state index in [1.165, 1.54) is 11.8 Å². The third-order valence-corrected chi connectivity index (χ3v) is 5.34. The first-order chi connectivity index (χ1) is 13.7. The molecule has 0 unspecified atom stereocenters. The lowest BCUT2D eigenvalue weighted by Crippen LogP contribution is -2.22. The molecule has 1 N–H and O–H groups in total. The molecule has 0 bridgehead atoms. The topological polar surface area (TPSA) is 91.2 Å². The van der Waals surface area contributed by atoms with Gasteiger partial charge in [0.15, 0.2) is 22.5 Å². The van der Waals surface area contributed by atoms with Crippen LogP contribution in [-0.4, -0.2) is 37.7 Å². The number of ether oxygens (including phenoxy) is 2. The Kier molecular flexibility index (Phi) is 5.16. The van der Waals surface area contributed by atoms with Crippen LogP contribution in [0.2, 0.25) is 0 Å². The molecule has 0 radical (unpaired) electrons. The third-order valence-electron chi connectivity index (χ3n) is 4.26. The van der Waals surface area contributed by atoms with Crippen molar-refractivity contribution in [3.63, 3.8) is 0 Å². The Morgan fingerprint density at radius 1 is 1.21 bits per heavy atom. The summed E-state index contributed by atoms with van der Waals surface area (Å²) in [5.41, 5.74) is 1.60. The number of carbonyl (C=O) groups excluding carboxylic acids is 1. The van der Waals surface area contributed by atoms with Gasteiger partial charge < -0.3 is 19.4 Å². The van der Waals surface area contributed by atoms with Crippen molar-refractivity contribution in [2.45, 2.75) is 30.8 Å². The Morgan fingerprint density at radius 3 is 2.79 bits per heavy atom. The molecular weight excluding hydrogens is 378 g/mol. The summed E-state index contributed by atoms with van der Waals surface area (Å²) in [5, 5.41) is 11.8. The van der Waals surface area contributed by atoms with E-state index in [-0.39, 0.29) is 18.0 Å². The van der Waals surface area contributed by atoms with Gasteiger partial charge in [0.05, 0.1) is 5.25 Å². The fourth-order valence-electron chi connectivity index (χ4n) is 2.81. The molecule has 1 amide bonds. The predicted octanol–water partition coefficient (Wildman–Crippen LogP) is 3.21. The van der Waals surface area contributed by atoms with Gasteiger partial charge in [-0.15, -0.1) is 10.2 Å². The van der Waals surface area contributed by atoms with E-state index < -0.39 is 0 Å². The van der Waals surface area contributed by atoms with Crippen molar-refractivity contribution < 1.29 is 14.3 Å². The highest BCUT2D eigenvalue weighted by atomic mass is 32.2. The molecule has 28 heavy (non-hydrogen) atoms. The van der Waals surface area contributed by atoms with E-state index in [1.54, 1.807) is 30.6 Å². The molecule has 0 fully saturated rings. The molecule has 3 heterocycles. The fourth-order valence-corrected chi connectivity index (χ4v) is 3.72. The first-order valence-electron chi connectivity index (χ1n) is 8.86. The van der Waals surface area contributed by atoms with E-state index in [0.29, 0.717) is 28.9 Å². The first-order valence-corrected chi connectivity index (χ1v) is 9.74. The molecule has 3 aromatic rings. The van der Waals surface area contributed by atoms with Crippen LogP contribution < -0.4 is 14.8 Å². The predicted molar refractivity (Wildman–Crippen MR) is 105 cm³/mol. The number of hydrogen-bond acceptors (Lipinski definition) is 7. The summed E-state index contributed by atoms with van der Waals surface area (Å²) in [6.07, 6.45) is 3.44. The van der Waals surface area contributed by atoms with Crippen LogP contribution in [0.3, 0.4) is 0 Å². The van der Waals surface area contributed by atoms with Gasteiger partial charge in [-0.05, 0) is 38.1 Å². The SMILES string of the molecule is CCn1c(S[C@@H](C)C(=O)Nc2ccc3c(c2)OCO3)nnc1-c1ccncc1. The monoisotopic (exact) mass is 397 g/mol. The molecule has 9 heteroatoms. The van der Waals surface area contributed by atoms with Gasteiger partial charge in [-0.2, -0.15) is 0 Å². The van der Waals surface area contributed by atoms with Crippen LogP contribution in [0.5, 0.6) is 11.5 Å². The number of carbonyl (C=O) groups is 1. The fraction of sp³-hybridized carbons (Fsp3) is 0.263. The Morgan fingerprint density at radius 2 is 2.00 bits per heavy atom. The van der Waals surface area contributed by atoms with Crippen LogP contribution in [0.15, 0.2) is 47.9 Å². The molecule has 1 aromatic carbocycles. The lowest BCUT2D eigenvalue weighted by Gasteiger charge is -2.13. The number of rotatable bonds is 6.